The fraction of sp³-hybridized carbons (Fsp3) is 0.548. The Hall–Kier alpha value is -2.74. The van der Waals surface area contributed by atoms with Gasteiger partial charge in [0.25, 0.3) is 0 Å². The summed E-state index contributed by atoms with van der Waals surface area (Å²) in [6.45, 7) is 5.54. The SMILES string of the molecule is CCC=CCC=CCC=CCC=CCC=CCC=CCC(O)OCC(C)(C)C(O)C(=O)NCCC(=O)OC. The first-order chi connectivity index (χ1) is 18.2. The Morgan fingerprint density at radius 2 is 1.24 bits per heavy atom. The van der Waals surface area contributed by atoms with Gasteiger partial charge in [-0.25, -0.2) is 0 Å². The van der Waals surface area contributed by atoms with Crippen LogP contribution in [-0.4, -0.2) is 54.7 Å². The zero-order valence-corrected chi connectivity index (χ0v) is 23.7. The first-order valence-electron chi connectivity index (χ1n) is 13.5. The molecule has 0 spiro atoms. The summed E-state index contributed by atoms with van der Waals surface area (Å²) in [4.78, 5) is 23.2. The normalized spacial score (nSPS) is 14.6. The van der Waals surface area contributed by atoms with Crippen LogP contribution in [0.15, 0.2) is 72.9 Å². The molecule has 0 fully saturated rings. The van der Waals surface area contributed by atoms with Gasteiger partial charge in [-0.2, -0.15) is 0 Å². The number of ether oxygens (including phenoxy) is 2. The summed E-state index contributed by atoms with van der Waals surface area (Å²) < 4.78 is 9.93. The van der Waals surface area contributed by atoms with E-state index in [1.54, 1.807) is 13.8 Å². The highest BCUT2D eigenvalue weighted by Gasteiger charge is 2.34. The van der Waals surface area contributed by atoms with Gasteiger partial charge in [-0.15, -0.1) is 0 Å². The van der Waals surface area contributed by atoms with E-state index in [2.05, 4.69) is 77.7 Å². The van der Waals surface area contributed by atoms with Gasteiger partial charge in [-0.3, -0.25) is 9.59 Å². The maximum Gasteiger partial charge on any atom is 0.307 e. The lowest BCUT2D eigenvalue weighted by atomic mass is 9.87. The molecule has 0 aromatic heterocycles. The average Bonchev–Trinajstić information content (AvgIpc) is 2.90. The minimum Gasteiger partial charge on any atom is -0.469 e. The Labute approximate surface area is 229 Å². The van der Waals surface area contributed by atoms with Crippen molar-refractivity contribution < 1.29 is 29.3 Å². The molecule has 0 bridgehead atoms. The van der Waals surface area contributed by atoms with Gasteiger partial charge in [0.1, 0.15) is 6.10 Å². The van der Waals surface area contributed by atoms with E-state index in [1.807, 2.05) is 12.2 Å². The minimum absolute atomic E-state index is 0.0115. The van der Waals surface area contributed by atoms with E-state index in [0.29, 0.717) is 6.42 Å². The molecule has 0 aliphatic carbocycles. The minimum atomic E-state index is -1.35. The summed E-state index contributed by atoms with van der Waals surface area (Å²) in [6, 6.07) is 0. The van der Waals surface area contributed by atoms with E-state index in [0.717, 1.165) is 38.5 Å². The Morgan fingerprint density at radius 1 is 0.789 bits per heavy atom. The Bertz CT molecular complexity index is 807. The van der Waals surface area contributed by atoms with Crippen LogP contribution >= 0.6 is 0 Å². The second kappa shape index (κ2) is 23.4. The third-order valence-electron chi connectivity index (χ3n) is 5.43. The number of allylic oxidation sites excluding steroid dienone is 11. The Kier molecular flexibility index (Phi) is 21.7. The van der Waals surface area contributed by atoms with E-state index < -0.39 is 29.7 Å². The van der Waals surface area contributed by atoms with Gasteiger partial charge < -0.3 is 25.0 Å². The summed E-state index contributed by atoms with van der Waals surface area (Å²) in [5, 5.41) is 22.8. The third-order valence-corrected chi connectivity index (χ3v) is 5.43. The van der Waals surface area contributed by atoms with Gasteiger partial charge in [-0.1, -0.05) is 93.7 Å². The van der Waals surface area contributed by atoms with Crippen LogP contribution in [0.3, 0.4) is 0 Å². The van der Waals surface area contributed by atoms with Crippen LogP contribution < -0.4 is 5.32 Å². The number of hydrogen-bond acceptors (Lipinski definition) is 6. The monoisotopic (exact) mass is 531 g/mol. The number of rotatable bonds is 21. The van der Waals surface area contributed by atoms with E-state index in [9.17, 15) is 19.8 Å². The van der Waals surface area contributed by atoms with Crippen molar-refractivity contribution in [2.45, 2.75) is 84.5 Å². The molecule has 7 nitrogen and oxygen atoms in total. The predicted molar refractivity (Wildman–Crippen MR) is 154 cm³/mol. The van der Waals surface area contributed by atoms with Crippen molar-refractivity contribution in [3.8, 4) is 0 Å². The maximum atomic E-state index is 12.1. The lowest BCUT2D eigenvalue weighted by Crippen LogP contribution is -2.46. The highest BCUT2D eigenvalue weighted by Crippen LogP contribution is 2.22. The molecule has 0 aromatic carbocycles. The van der Waals surface area contributed by atoms with Crippen LogP contribution in [0.5, 0.6) is 0 Å². The molecular formula is C31H49NO6. The fourth-order valence-corrected chi connectivity index (χ4v) is 3.03. The van der Waals surface area contributed by atoms with Gasteiger partial charge in [-0.05, 0) is 38.5 Å². The van der Waals surface area contributed by atoms with Gasteiger partial charge in [0.15, 0.2) is 6.29 Å². The summed E-state index contributed by atoms with van der Waals surface area (Å²) >= 11 is 0. The lowest BCUT2D eigenvalue weighted by Gasteiger charge is -2.30. The second-order valence-corrected chi connectivity index (χ2v) is 9.42. The standard InChI is InChI=1S/C31H49NO6/c1-5-6-7-8-9-10-11-12-13-14-15-16-17-18-19-20-21-22-23-28(34)38-26-31(2,3)29(35)30(36)32-25-24-27(33)37-4/h6-7,9-10,12-13,15-16,18-19,21-22,28-29,34-35H,5,8,11,14,17,20,23-26H2,1-4H3,(H,32,36). The van der Waals surface area contributed by atoms with Gasteiger partial charge in [0.2, 0.25) is 5.91 Å². The van der Waals surface area contributed by atoms with Crippen LogP contribution in [0.4, 0.5) is 0 Å². The molecule has 0 saturated carbocycles. The quantitative estimate of drug-likeness (QED) is 0.103. The highest BCUT2D eigenvalue weighted by molar-refractivity contribution is 5.81. The van der Waals surface area contributed by atoms with E-state index in [4.69, 9.17) is 4.74 Å². The van der Waals surface area contributed by atoms with Crippen LogP contribution in [0.1, 0.15) is 72.1 Å². The van der Waals surface area contributed by atoms with Crippen molar-refractivity contribution in [2.24, 2.45) is 5.41 Å². The largest absolute Gasteiger partial charge is 0.469 e. The molecule has 1 amide bonds. The Morgan fingerprint density at radius 3 is 1.68 bits per heavy atom. The first kappa shape index (κ1) is 35.3. The van der Waals surface area contributed by atoms with Crippen LogP contribution in [0.2, 0.25) is 0 Å². The zero-order valence-electron chi connectivity index (χ0n) is 23.7. The summed E-state index contributed by atoms with van der Waals surface area (Å²) in [7, 11) is 1.27. The number of aliphatic hydroxyl groups is 2. The molecule has 0 aromatic rings. The van der Waals surface area contributed by atoms with Crippen molar-refractivity contribution in [3.63, 3.8) is 0 Å². The van der Waals surface area contributed by atoms with E-state index in [1.165, 1.54) is 7.11 Å². The van der Waals surface area contributed by atoms with Crippen LogP contribution in [0.25, 0.3) is 0 Å². The molecule has 2 unspecified atom stereocenters. The molecule has 0 saturated heterocycles. The van der Waals surface area contributed by atoms with Crippen LogP contribution in [-0.2, 0) is 19.1 Å². The molecule has 2 atom stereocenters. The number of aliphatic hydroxyl groups excluding tert-OH is 2. The maximum absolute atomic E-state index is 12.1. The first-order valence-corrected chi connectivity index (χ1v) is 13.5. The van der Waals surface area contributed by atoms with E-state index in [-0.39, 0.29) is 19.6 Å². The zero-order chi connectivity index (χ0) is 28.5. The molecule has 7 heteroatoms. The van der Waals surface area contributed by atoms with Crippen molar-refractivity contribution in [3.05, 3.63) is 72.9 Å². The molecule has 38 heavy (non-hydrogen) atoms. The number of carbonyl (C=O) groups is 2. The molecule has 0 aliphatic rings. The topological polar surface area (TPSA) is 105 Å². The second-order valence-electron chi connectivity index (χ2n) is 9.42. The van der Waals surface area contributed by atoms with Crippen molar-refractivity contribution in [1.82, 2.24) is 5.32 Å². The molecule has 0 heterocycles. The number of amides is 1. The smallest absolute Gasteiger partial charge is 0.307 e. The number of esters is 1. The van der Waals surface area contributed by atoms with Crippen molar-refractivity contribution in [2.75, 3.05) is 20.3 Å². The molecule has 0 radical (unpaired) electrons. The number of nitrogens with one attached hydrogen (secondary N) is 1. The fourth-order valence-electron chi connectivity index (χ4n) is 3.03. The van der Waals surface area contributed by atoms with Gasteiger partial charge in [0, 0.05) is 18.4 Å². The number of carbonyl (C=O) groups excluding carboxylic acids is 2. The van der Waals surface area contributed by atoms with Gasteiger partial charge in [0.05, 0.1) is 20.1 Å². The molecule has 0 rings (SSSR count). The molecule has 0 aliphatic heterocycles. The molecule has 3 N–H and O–H groups in total. The van der Waals surface area contributed by atoms with Crippen molar-refractivity contribution in [1.29, 1.82) is 0 Å². The number of methoxy groups -OCH3 is 1. The Balaban J connectivity index is 4.00. The highest BCUT2D eigenvalue weighted by atomic mass is 16.6. The van der Waals surface area contributed by atoms with Gasteiger partial charge >= 0.3 is 5.97 Å². The van der Waals surface area contributed by atoms with Crippen LogP contribution in [0, 0.1) is 5.41 Å². The summed E-state index contributed by atoms with van der Waals surface area (Å²) in [5.41, 5.74) is -0.922. The third kappa shape index (κ3) is 20.3. The number of hydrogen-bond donors (Lipinski definition) is 3. The lowest BCUT2D eigenvalue weighted by molar-refractivity contribution is -0.153. The molecule has 214 valence electrons. The average molecular weight is 532 g/mol. The molecular weight excluding hydrogens is 482 g/mol. The summed E-state index contributed by atoms with van der Waals surface area (Å²) in [6.07, 6.45) is 28.9. The van der Waals surface area contributed by atoms with E-state index >= 15 is 0 Å². The van der Waals surface area contributed by atoms with Crippen molar-refractivity contribution >= 4 is 11.9 Å². The predicted octanol–water partition coefficient (Wildman–Crippen LogP) is 5.48. The summed E-state index contributed by atoms with van der Waals surface area (Å²) in [5.74, 6) is -1.05.